The molecule has 17 heterocycles. The van der Waals surface area contributed by atoms with E-state index in [1.807, 2.05) is 0 Å². The average molecular weight is 482 g/mol. The molecule has 0 saturated carbocycles. The van der Waals surface area contributed by atoms with E-state index in [9.17, 15) is 0 Å². The predicted octanol–water partition coefficient (Wildman–Crippen LogP) is 6.87. The largest absolute Gasteiger partial charge is 0.312 e. The molecule has 3 heteroatoms. The Labute approximate surface area is 217 Å². The molecule has 36 heavy (non-hydrogen) atoms. The van der Waals surface area contributed by atoms with Gasteiger partial charge in [-0.05, 0) is 112 Å². The van der Waals surface area contributed by atoms with Crippen LogP contribution in [0.25, 0.3) is 0 Å². The lowest BCUT2D eigenvalue weighted by Crippen LogP contribution is -2.57. The number of rotatable bonds is 0. The van der Waals surface area contributed by atoms with Crippen molar-refractivity contribution in [1.82, 2.24) is 10.6 Å². The maximum Gasteiger partial charge on any atom is 0.0458 e. The minimum absolute atomic E-state index is 0.473. The molecule has 20 aliphatic rings. The Bertz CT molecular complexity index is 1090. The molecule has 0 amide bonds. The van der Waals surface area contributed by atoms with Gasteiger partial charge in [0.2, 0.25) is 0 Å². The minimum atomic E-state index is 0.473. The average Bonchev–Trinajstić information content (AvgIpc) is 2.97. The van der Waals surface area contributed by atoms with Crippen molar-refractivity contribution in [2.75, 3.05) is 6.54 Å². The molecule has 0 aromatic heterocycles. The number of aliphatic imine (C=N–C) groups is 1. The Morgan fingerprint density at radius 2 is 1.39 bits per heavy atom. The van der Waals surface area contributed by atoms with Crippen LogP contribution in [0.2, 0.25) is 0 Å². The van der Waals surface area contributed by atoms with Crippen molar-refractivity contribution in [2.45, 2.75) is 102 Å². The fourth-order valence-corrected chi connectivity index (χ4v) is 8.13. The van der Waals surface area contributed by atoms with Crippen LogP contribution in [0.15, 0.2) is 75.5 Å². The smallest absolute Gasteiger partial charge is 0.0458 e. The number of nitrogens with one attached hydrogen (secondary N) is 2. The number of allylic oxidation sites excluding steroid dienone is 10. The van der Waals surface area contributed by atoms with Crippen LogP contribution in [-0.2, 0) is 0 Å². The van der Waals surface area contributed by atoms with Gasteiger partial charge in [0.25, 0.3) is 0 Å². The van der Waals surface area contributed by atoms with Crippen molar-refractivity contribution in [3.05, 3.63) is 70.5 Å². The first-order chi connectivity index (χ1) is 17.8. The summed E-state index contributed by atoms with van der Waals surface area (Å²) >= 11 is 0. The quantitative estimate of drug-likeness (QED) is 0.370. The van der Waals surface area contributed by atoms with Crippen LogP contribution in [0.5, 0.6) is 0 Å². The molecule has 2 N–H and O–H groups in total. The van der Waals surface area contributed by atoms with Gasteiger partial charge in [0.15, 0.2) is 0 Å². The lowest BCUT2D eigenvalue weighted by molar-refractivity contribution is 0.235. The summed E-state index contributed by atoms with van der Waals surface area (Å²) in [6.45, 7) is 1.16. The van der Waals surface area contributed by atoms with Gasteiger partial charge in [-0.3, -0.25) is 4.99 Å². The number of piperidine rings is 2. The van der Waals surface area contributed by atoms with Crippen LogP contribution in [0.1, 0.15) is 83.5 Å². The summed E-state index contributed by atoms with van der Waals surface area (Å²) in [5, 5.41) is 8.04. The highest BCUT2D eigenvalue weighted by molar-refractivity contribution is 5.91. The molecule has 0 radical (unpaired) electrons. The van der Waals surface area contributed by atoms with Crippen molar-refractivity contribution in [2.24, 2.45) is 22.7 Å². The molecular formula is C33H43N3. The summed E-state index contributed by atoms with van der Waals surface area (Å²) in [6.07, 6.45) is 33.6. The summed E-state index contributed by atoms with van der Waals surface area (Å²) in [4.78, 5) is 5.06. The van der Waals surface area contributed by atoms with Crippen molar-refractivity contribution >= 4 is 5.71 Å². The lowest BCUT2D eigenvalue weighted by Gasteiger charge is -2.41. The summed E-state index contributed by atoms with van der Waals surface area (Å²) in [6, 6.07) is 1.68. The lowest BCUT2D eigenvalue weighted by atomic mass is 9.75. The standard InChI is InChI=1S/C33H43N3/c1-2-32-30-18-16-28(20-34-30)26-12-8-24(9-13-26)22-4-6-23(7-5-22)25-10-14-27(15-11-25)29-17-19-31(35-21-29)33(3-1)36-32/h4,6,8,10,12,14,20,22-23,29,31-33,35-36H,1-3,5,7,9,11,13,15-19,21H2. The Balaban J connectivity index is 1.18. The molecule has 6 unspecified atom stereocenters. The Morgan fingerprint density at radius 3 is 2.03 bits per heavy atom. The van der Waals surface area contributed by atoms with Crippen LogP contribution in [0, 0.1) is 17.8 Å². The SMILES string of the molecule is C1=CC2CCC1C1=CC=C(CC1)C1=CN=C(CC1)C1CCCC(N1)C1CCC(CN1)C1=CC=C2CC1. The fraction of sp³-hybridized carbons (Fsp3) is 0.606. The third-order valence-corrected chi connectivity index (χ3v) is 10.4. The van der Waals surface area contributed by atoms with E-state index in [1.54, 1.807) is 16.7 Å². The molecule has 2 saturated heterocycles. The van der Waals surface area contributed by atoms with Crippen LogP contribution < -0.4 is 10.6 Å². The molecule has 0 spiro atoms. The Kier molecular flexibility index (Phi) is 6.48. The first-order valence-corrected chi connectivity index (χ1v) is 15.0. The number of hydrogen-bond acceptors (Lipinski definition) is 3. The van der Waals surface area contributed by atoms with Gasteiger partial charge in [-0.2, -0.15) is 0 Å². The summed E-state index contributed by atoms with van der Waals surface area (Å²) in [5.41, 5.74) is 9.44. The first-order valence-electron chi connectivity index (χ1n) is 15.0. The van der Waals surface area contributed by atoms with Gasteiger partial charge in [-0.25, -0.2) is 0 Å². The molecule has 3 nitrogen and oxygen atoms in total. The predicted molar refractivity (Wildman–Crippen MR) is 150 cm³/mol. The molecule has 2 fully saturated rings. The normalized spacial score (nSPS) is 38.2. The van der Waals surface area contributed by atoms with Crippen LogP contribution in [0.4, 0.5) is 0 Å². The molecule has 190 valence electrons. The highest BCUT2D eigenvalue weighted by atomic mass is 15.1. The van der Waals surface area contributed by atoms with E-state index in [4.69, 9.17) is 4.99 Å². The van der Waals surface area contributed by atoms with E-state index >= 15 is 0 Å². The zero-order valence-electron chi connectivity index (χ0n) is 21.9. The minimum Gasteiger partial charge on any atom is -0.312 e. The summed E-state index contributed by atoms with van der Waals surface area (Å²) in [7, 11) is 0. The monoisotopic (exact) mass is 481 g/mol. The van der Waals surface area contributed by atoms with Gasteiger partial charge < -0.3 is 10.6 Å². The van der Waals surface area contributed by atoms with E-state index in [1.165, 1.54) is 87.5 Å². The highest BCUT2D eigenvalue weighted by Crippen LogP contribution is 2.40. The Morgan fingerprint density at radius 1 is 0.639 bits per heavy atom. The second kappa shape index (κ2) is 10.1. The maximum atomic E-state index is 5.06. The van der Waals surface area contributed by atoms with Gasteiger partial charge in [0, 0.05) is 36.6 Å². The molecular weight excluding hydrogens is 438 g/mol. The second-order valence-corrected chi connectivity index (χ2v) is 12.4. The van der Waals surface area contributed by atoms with Gasteiger partial charge in [0.05, 0.1) is 0 Å². The number of nitrogens with zero attached hydrogens (tertiary/aromatic N) is 1. The third-order valence-electron chi connectivity index (χ3n) is 10.4. The highest BCUT2D eigenvalue weighted by Gasteiger charge is 2.34. The summed E-state index contributed by atoms with van der Waals surface area (Å²) in [5.74, 6) is 2.04. The van der Waals surface area contributed by atoms with Crippen molar-refractivity contribution in [1.29, 1.82) is 0 Å². The van der Waals surface area contributed by atoms with Crippen LogP contribution >= 0.6 is 0 Å². The molecule has 0 aromatic carbocycles. The molecule has 3 aliphatic carbocycles. The van der Waals surface area contributed by atoms with Crippen LogP contribution in [0.3, 0.4) is 0 Å². The second-order valence-electron chi connectivity index (χ2n) is 12.4. The van der Waals surface area contributed by atoms with Crippen molar-refractivity contribution in [3.63, 3.8) is 0 Å². The fourth-order valence-electron chi connectivity index (χ4n) is 8.13. The van der Waals surface area contributed by atoms with E-state index in [0.717, 1.165) is 25.3 Å². The zero-order valence-corrected chi connectivity index (χ0v) is 21.9. The van der Waals surface area contributed by atoms with Crippen molar-refractivity contribution < 1.29 is 0 Å². The molecule has 20 rings (SSSR count). The van der Waals surface area contributed by atoms with Gasteiger partial charge >= 0.3 is 0 Å². The first kappa shape index (κ1) is 23.2. The van der Waals surface area contributed by atoms with E-state index in [-0.39, 0.29) is 0 Å². The van der Waals surface area contributed by atoms with Crippen molar-refractivity contribution in [3.8, 4) is 0 Å². The van der Waals surface area contributed by atoms with Gasteiger partial charge in [0.1, 0.15) is 0 Å². The molecule has 17 aliphatic heterocycles. The van der Waals surface area contributed by atoms with Crippen LogP contribution in [-0.4, -0.2) is 30.4 Å². The molecule has 6 atom stereocenters. The molecule has 0 aromatic rings. The maximum absolute atomic E-state index is 5.06. The van der Waals surface area contributed by atoms with E-state index in [0.29, 0.717) is 30.0 Å². The summed E-state index contributed by atoms with van der Waals surface area (Å²) < 4.78 is 0. The van der Waals surface area contributed by atoms with E-state index < -0.39 is 0 Å². The third kappa shape index (κ3) is 4.58. The molecule has 12 bridgehead atoms. The topological polar surface area (TPSA) is 36.4 Å². The number of hydrogen-bond donors (Lipinski definition) is 2. The van der Waals surface area contributed by atoms with Gasteiger partial charge in [-0.15, -0.1) is 0 Å². The van der Waals surface area contributed by atoms with E-state index in [2.05, 4.69) is 53.3 Å². The zero-order chi connectivity index (χ0) is 23.9. The Hall–Kier alpha value is -1.97. The van der Waals surface area contributed by atoms with Gasteiger partial charge in [-0.1, -0.05) is 53.2 Å².